The largest absolute Gasteiger partial charge is 0.497 e. The summed E-state index contributed by atoms with van der Waals surface area (Å²) in [5.74, 6) is 1.37. The molecule has 0 aliphatic carbocycles. The van der Waals surface area contributed by atoms with Crippen LogP contribution in [0.2, 0.25) is 0 Å². The van der Waals surface area contributed by atoms with Gasteiger partial charge in [0.2, 0.25) is 5.95 Å². The molecule has 0 bridgehead atoms. The smallest absolute Gasteiger partial charge is 0.281 e. The van der Waals surface area contributed by atoms with Gasteiger partial charge in [0, 0.05) is 12.1 Å². The van der Waals surface area contributed by atoms with Crippen molar-refractivity contribution in [1.82, 2.24) is 14.8 Å². The molecule has 0 saturated heterocycles. The number of rotatable bonds is 6. The number of methoxy groups -OCH3 is 1. The number of nitrogens with one attached hydrogen (secondary N) is 1. The monoisotopic (exact) mass is 390 g/mol. The van der Waals surface area contributed by atoms with Crippen LogP contribution in [-0.4, -0.2) is 27.8 Å². The van der Waals surface area contributed by atoms with Gasteiger partial charge in [-0.3, -0.25) is 4.79 Å². The molecule has 0 unspecified atom stereocenters. The molecule has 4 aromatic rings. The molecule has 0 radical (unpaired) electrons. The Balaban J connectivity index is 1.66. The molecular weight excluding hydrogens is 372 g/mol. The molecule has 140 valence electrons. The van der Waals surface area contributed by atoms with Crippen LogP contribution in [-0.2, 0) is 6.54 Å². The van der Waals surface area contributed by atoms with E-state index < -0.39 is 0 Å². The number of nitrogens with zero attached hydrogens (tertiary/aromatic N) is 3. The summed E-state index contributed by atoms with van der Waals surface area (Å²) in [7, 11) is 1.59. The third-order valence-corrected chi connectivity index (χ3v) is 5.04. The fourth-order valence-electron chi connectivity index (χ4n) is 2.71. The first kappa shape index (κ1) is 17.9. The van der Waals surface area contributed by atoms with Gasteiger partial charge in [-0.25, -0.2) is 0 Å². The lowest BCUT2D eigenvalue weighted by molar-refractivity contribution is 0.0947. The Labute approximate surface area is 166 Å². The van der Waals surface area contributed by atoms with Crippen molar-refractivity contribution >= 4 is 23.2 Å². The summed E-state index contributed by atoms with van der Waals surface area (Å²) in [5, 5.41) is 9.65. The van der Waals surface area contributed by atoms with Gasteiger partial charge >= 0.3 is 0 Å². The van der Waals surface area contributed by atoms with Gasteiger partial charge in [0.15, 0.2) is 5.82 Å². The molecule has 28 heavy (non-hydrogen) atoms. The molecule has 1 N–H and O–H groups in total. The SMILES string of the molecule is COc1ccc(C(=O)n2nc(-c3cccs3)nc2NCc2ccccc2)cc1. The number of benzene rings is 2. The van der Waals surface area contributed by atoms with E-state index in [0.717, 1.165) is 10.4 Å². The predicted molar refractivity (Wildman–Crippen MR) is 110 cm³/mol. The second-order valence-electron chi connectivity index (χ2n) is 6.02. The van der Waals surface area contributed by atoms with E-state index in [1.54, 1.807) is 31.4 Å². The molecule has 0 aliphatic heterocycles. The molecule has 0 spiro atoms. The standard InChI is InChI=1S/C21H18N4O2S/c1-27-17-11-9-16(10-12-17)20(26)25-21(22-14-15-6-3-2-4-7-15)23-19(24-25)18-8-5-13-28-18/h2-13H,14H2,1H3,(H,22,23,24). The van der Waals surface area contributed by atoms with Gasteiger partial charge in [-0.2, -0.15) is 9.67 Å². The molecule has 0 fully saturated rings. The fraction of sp³-hybridized carbons (Fsp3) is 0.0952. The van der Waals surface area contributed by atoms with Gasteiger partial charge in [-0.15, -0.1) is 16.4 Å². The molecular formula is C21H18N4O2S. The highest BCUT2D eigenvalue weighted by molar-refractivity contribution is 7.13. The van der Waals surface area contributed by atoms with Crippen LogP contribution >= 0.6 is 11.3 Å². The predicted octanol–water partition coefficient (Wildman–Crippen LogP) is 4.32. The zero-order valence-electron chi connectivity index (χ0n) is 15.2. The first-order chi connectivity index (χ1) is 13.7. The zero-order chi connectivity index (χ0) is 19.3. The first-order valence-electron chi connectivity index (χ1n) is 8.72. The zero-order valence-corrected chi connectivity index (χ0v) is 16.0. The highest BCUT2D eigenvalue weighted by atomic mass is 32.1. The number of anilines is 1. The number of aromatic nitrogens is 3. The average molecular weight is 390 g/mol. The van der Waals surface area contributed by atoms with Crippen LogP contribution in [0.25, 0.3) is 10.7 Å². The Bertz CT molecular complexity index is 1060. The lowest BCUT2D eigenvalue weighted by Crippen LogP contribution is -2.17. The molecule has 7 heteroatoms. The maximum absolute atomic E-state index is 13.0. The molecule has 2 aromatic heterocycles. The number of carbonyl (C=O) groups is 1. The quantitative estimate of drug-likeness (QED) is 0.531. The van der Waals surface area contributed by atoms with Crippen molar-refractivity contribution in [3.8, 4) is 16.5 Å². The van der Waals surface area contributed by atoms with Crippen molar-refractivity contribution in [2.75, 3.05) is 12.4 Å². The van der Waals surface area contributed by atoms with E-state index in [4.69, 9.17) is 4.74 Å². The third-order valence-electron chi connectivity index (χ3n) is 4.17. The number of hydrogen-bond acceptors (Lipinski definition) is 6. The van der Waals surface area contributed by atoms with E-state index in [-0.39, 0.29) is 5.91 Å². The average Bonchev–Trinajstić information content (AvgIpc) is 3.42. The summed E-state index contributed by atoms with van der Waals surface area (Å²) in [6.45, 7) is 0.541. The number of ether oxygens (including phenoxy) is 1. The highest BCUT2D eigenvalue weighted by Crippen LogP contribution is 2.24. The van der Waals surface area contributed by atoms with E-state index in [0.29, 0.717) is 29.6 Å². The lowest BCUT2D eigenvalue weighted by Gasteiger charge is -2.08. The normalized spacial score (nSPS) is 10.6. The van der Waals surface area contributed by atoms with Gasteiger partial charge in [-0.1, -0.05) is 36.4 Å². The molecule has 2 aromatic carbocycles. The van der Waals surface area contributed by atoms with Crippen LogP contribution < -0.4 is 10.1 Å². The number of hydrogen-bond donors (Lipinski definition) is 1. The summed E-state index contributed by atoms with van der Waals surface area (Å²) in [6.07, 6.45) is 0. The Hall–Kier alpha value is -3.45. The van der Waals surface area contributed by atoms with Crippen molar-refractivity contribution in [2.45, 2.75) is 6.54 Å². The summed E-state index contributed by atoms with van der Waals surface area (Å²) < 4.78 is 6.48. The number of thiophene rings is 1. The first-order valence-corrected chi connectivity index (χ1v) is 9.60. The van der Waals surface area contributed by atoms with Crippen molar-refractivity contribution in [2.24, 2.45) is 0 Å². The molecule has 0 atom stereocenters. The minimum Gasteiger partial charge on any atom is -0.497 e. The van der Waals surface area contributed by atoms with Crippen molar-refractivity contribution in [3.63, 3.8) is 0 Å². The molecule has 0 amide bonds. The van der Waals surface area contributed by atoms with Crippen LogP contribution in [0.4, 0.5) is 5.95 Å². The minimum atomic E-state index is -0.256. The number of carbonyl (C=O) groups excluding carboxylic acids is 1. The molecule has 0 aliphatic rings. The fourth-order valence-corrected chi connectivity index (χ4v) is 3.36. The molecule has 0 saturated carbocycles. The van der Waals surface area contributed by atoms with E-state index >= 15 is 0 Å². The van der Waals surface area contributed by atoms with Crippen LogP contribution in [0.3, 0.4) is 0 Å². The topological polar surface area (TPSA) is 69.0 Å². The maximum Gasteiger partial charge on any atom is 0.281 e. The molecule has 6 nitrogen and oxygen atoms in total. The minimum absolute atomic E-state index is 0.256. The molecule has 4 rings (SSSR count). The highest BCUT2D eigenvalue weighted by Gasteiger charge is 2.19. The van der Waals surface area contributed by atoms with Gasteiger partial charge < -0.3 is 10.1 Å². The Morgan fingerprint density at radius 1 is 1.07 bits per heavy atom. The molecule has 2 heterocycles. The summed E-state index contributed by atoms with van der Waals surface area (Å²) in [6, 6.07) is 20.7. The van der Waals surface area contributed by atoms with Crippen LogP contribution in [0.15, 0.2) is 72.1 Å². The maximum atomic E-state index is 13.0. The Kier molecular flexibility index (Phi) is 5.16. The lowest BCUT2D eigenvalue weighted by atomic mass is 10.2. The second kappa shape index (κ2) is 8.06. The van der Waals surface area contributed by atoms with E-state index in [1.165, 1.54) is 16.0 Å². The van der Waals surface area contributed by atoms with Crippen LogP contribution in [0.5, 0.6) is 5.75 Å². The van der Waals surface area contributed by atoms with Crippen LogP contribution in [0.1, 0.15) is 15.9 Å². The van der Waals surface area contributed by atoms with Crippen molar-refractivity contribution in [1.29, 1.82) is 0 Å². The van der Waals surface area contributed by atoms with Crippen molar-refractivity contribution < 1.29 is 9.53 Å². The van der Waals surface area contributed by atoms with Crippen LogP contribution in [0, 0.1) is 0 Å². The van der Waals surface area contributed by atoms with Gasteiger partial charge in [0.05, 0.1) is 12.0 Å². The van der Waals surface area contributed by atoms with E-state index in [9.17, 15) is 4.79 Å². The summed E-state index contributed by atoms with van der Waals surface area (Å²) >= 11 is 1.53. The Morgan fingerprint density at radius 2 is 1.86 bits per heavy atom. The van der Waals surface area contributed by atoms with Crippen molar-refractivity contribution in [3.05, 3.63) is 83.2 Å². The van der Waals surface area contributed by atoms with E-state index in [1.807, 2.05) is 47.8 Å². The summed E-state index contributed by atoms with van der Waals surface area (Å²) in [4.78, 5) is 18.5. The third kappa shape index (κ3) is 3.79. The Morgan fingerprint density at radius 3 is 2.54 bits per heavy atom. The van der Waals surface area contributed by atoms with Gasteiger partial charge in [0.1, 0.15) is 5.75 Å². The van der Waals surface area contributed by atoms with E-state index in [2.05, 4.69) is 15.4 Å². The second-order valence-corrected chi connectivity index (χ2v) is 6.97. The van der Waals surface area contributed by atoms with Gasteiger partial charge in [0.25, 0.3) is 5.91 Å². The van der Waals surface area contributed by atoms with Gasteiger partial charge in [-0.05, 0) is 41.3 Å². The summed E-state index contributed by atoms with van der Waals surface area (Å²) in [5.41, 5.74) is 1.60.